The number of aromatic amines is 1. The quantitative estimate of drug-likeness (QED) is 0.541. The lowest BCUT2D eigenvalue weighted by atomic mass is 10.0. The van der Waals surface area contributed by atoms with Gasteiger partial charge in [-0.25, -0.2) is 5.10 Å². The third-order valence-electron chi connectivity index (χ3n) is 4.71. The standard InChI is InChI=1S/C17H23F3N4OS2/c18-17(19,20)13-4-3-5-14(12-13)24-9-7-23(8-10-24)6-1-2-11-26-16-22-21-15(25)27-16/h4,12H,1-3,5-11H2,(H,21,25). The van der Waals surface area contributed by atoms with Gasteiger partial charge in [0.05, 0.1) is 5.57 Å². The van der Waals surface area contributed by atoms with E-state index in [1.54, 1.807) is 11.8 Å². The van der Waals surface area contributed by atoms with Gasteiger partial charge in [0.1, 0.15) is 0 Å². The second-order valence-electron chi connectivity index (χ2n) is 6.59. The lowest BCUT2D eigenvalue weighted by Gasteiger charge is -2.38. The number of hydrogen-bond acceptors (Lipinski definition) is 6. The Morgan fingerprint density at radius 3 is 2.67 bits per heavy atom. The first kappa shape index (κ1) is 20.5. The zero-order chi connectivity index (χ0) is 19.3. The summed E-state index contributed by atoms with van der Waals surface area (Å²) in [5.74, 6) is 0.931. The summed E-state index contributed by atoms with van der Waals surface area (Å²) in [7, 11) is 0. The molecule has 3 rings (SSSR count). The highest BCUT2D eigenvalue weighted by Gasteiger charge is 2.34. The molecule has 1 fully saturated rings. The topological polar surface area (TPSA) is 52.2 Å². The number of hydrogen-bond donors (Lipinski definition) is 1. The van der Waals surface area contributed by atoms with Crippen molar-refractivity contribution >= 4 is 23.1 Å². The number of piperazine rings is 1. The van der Waals surface area contributed by atoms with Crippen LogP contribution in [0.1, 0.15) is 25.7 Å². The van der Waals surface area contributed by atoms with Crippen LogP contribution in [0.3, 0.4) is 0 Å². The van der Waals surface area contributed by atoms with Gasteiger partial charge >= 0.3 is 11.0 Å². The predicted molar refractivity (Wildman–Crippen MR) is 102 cm³/mol. The summed E-state index contributed by atoms with van der Waals surface area (Å²) in [6.07, 6.45) is 1.62. The first-order valence-electron chi connectivity index (χ1n) is 9.05. The molecule has 0 spiro atoms. The van der Waals surface area contributed by atoms with Crippen LogP contribution in [-0.4, -0.2) is 64.7 Å². The summed E-state index contributed by atoms with van der Waals surface area (Å²) in [4.78, 5) is 15.4. The van der Waals surface area contributed by atoms with Crippen LogP contribution in [0.15, 0.2) is 32.6 Å². The zero-order valence-electron chi connectivity index (χ0n) is 14.9. The van der Waals surface area contributed by atoms with E-state index in [-0.39, 0.29) is 4.87 Å². The average molecular weight is 421 g/mol. The fraction of sp³-hybridized carbons (Fsp3) is 0.647. The molecule has 1 saturated heterocycles. The first-order chi connectivity index (χ1) is 12.9. The lowest BCUT2D eigenvalue weighted by molar-refractivity contribution is -0.0889. The summed E-state index contributed by atoms with van der Waals surface area (Å²) >= 11 is 2.73. The molecule has 1 aromatic heterocycles. The van der Waals surface area contributed by atoms with E-state index in [0.29, 0.717) is 12.8 Å². The summed E-state index contributed by atoms with van der Waals surface area (Å²) < 4.78 is 39.5. The fourth-order valence-electron chi connectivity index (χ4n) is 3.27. The van der Waals surface area contributed by atoms with E-state index in [1.807, 2.05) is 0 Å². The molecule has 10 heteroatoms. The van der Waals surface area contributed by atoms with Crippen LogP contribution in [0.5, 0.6) is 0 Å². The molecule has 0 aromatic carbocycles. The summed E-state index contributed by atoms with van der Waals surface area (Å²) in [6, 6.07) is 0. The Balaban J connectivity index is 1.35. The average Bonchev–Trinajstić information content (AvgIpc) is 3.06. The second kappa shape index (κ2) is 9.29. The summed E-state index contributed by atoms with van der Waals surface area (Å²) in [5, 5.41) is 6.34. The molecule has 1 aliphatic heterocycles. The zero-order valence-corrected chi connectivity index (χ0v) is 16.6. The molecule has 2 heterocycles. The van der Waals surface area contributed by atoms with Gasteiger partial charge in [0.2, 0.25) is 0 Å². The van der Waals surface area contributed by atoms with Gasteiger partial charge in [-0.2, -0.15) is 18.3 Å². The molecule has 0 unspecified atom stereocenters. The minimum absolute atomic E-state index is 0.124. The molecule has 27 heavy (non-hydrogen) atoms. The monoisotopic (exact) mass is 420 g/mol. The maximum absolute atomic E-state index is 12.9. The molecule has 1 N–H and O–H groups in total. The Bertz CT molecular complexity index is 733. The van der Waals surface area contributed by atoms with Crippen molar-refractivity contribution in [3.63, 3.8) is 0 Å². The summed E-state index contributed by atoms with van der Waals surface area (Å²) in [6.45, 7) is 4.34. The van der Waals surface area contributed by atoms with Crippen LogP contribution >= 0.6 is 23.1 Å². The highest BCUT2D eigenvalue weighted by atomic mass is 32.2. The van der Waals surface area contributed by atoms with Gasteiger partial charge in [-0.05, 0) is 49.6 Å². The molecule has 0 radical (unpaired) electrons. The van der Waals surface area contributed by atoms with Crippen LogP contribution in [0.25, 0.3) is 0 Å². The number of unbranched alkanes of at least 4 members (excludes halogenated alkanes) is 1. The number of nitrogens with one attached hydrogen (secondary N) is 1. The van der Waals surface area contributed by atoms with E-state index in [2.05, 4.69) is 20.0 Å². The molecule has 0 saturated carbocycles. The number of H-pyrrole nitrogens is 1. The maximum atomic E-state index is 12.9. The largest absolute Gasteiger partial charge is 0.416 e. The molecule has 5 nitrogen and oxygen atoms in total. The minimum Gasteiger partial charge on any atom is -0.372 e. The highest BCUT2D eigenvalue weighted by Crippen LogP contribution is 2.32. The van der Waals surface area contributed by atoms with E-state index in [1.165, 1.54) is 12.2 Å². The van der Waals surface area contributed by atoms with Crippen molar-refractivity contribution in [3.05, 3.63) is 33.1 Å². The van der Waals surface area contributed by atoms with Gasteiger partial charge in [-0.3, -0.25) is 9.69 Å². The lowest BCUT2D eigenvalue weighted by Crippen LogP contribution is -2.46. The molecule has 1 aliphatic carbocycles. The van der Waals surface area contributed by atoms with E-state index in [0.717, 1.165) is 72.7 Å². The van der Waals surface area contributed by atoms with Gasteiger partial charge in [-0.1, -0.05) is 17.8 Å². The van der Waals surface area contributed by atoms with E-state index in [4.69, 9.17) is 0 Å². The number of rotatable bonds is 7. The Hall–Kier alpha value is -1.26. The van der Waals surface area contributed by atoms with Crippen molar-refractivity contribution in [2.45, 2.75) is 36.2 Å². The third-order valence-corrected chi connectivity index (χ3v) is 6.68. The second-order valence-corrected chi connectivity index (χ2v) is 8.90. The van der Waals surface area contributed by atoms with Gasteiger partial charge in [-0.15, -0.1) is 0 Å². The highest BCUT2D eigenvalue weighted by molar-refractivity contribution is 8.00. The molecular weight excluding hydrogens is 397 g/mol. The number of aromatic nitrogens is 2. The van der Waals surface area contributed by atoms with Crippen molar-refractivity contribution < 1.29 is 13.2 Å². The number of thioether (sulfide) groups is 1. The smallest absolute Gasteiger partial charge is 0.372 e. The first-order valence-corrected chi connectivity index (χ1v) is 10.9. The number of alkyl halides is 3. The van der Waals surface area contributed by atoms with Gasteiger partial charge in [0, 0.05) is 37.6 Å². The van der Waals surface area contributed by atoms with Gasteiger partial charge < -0.3 is 4.90 Å². The van der Waals surface area contributed by atoms with E-state index in [9.17, 15) is 18.0 Å². The molecule has 150 valence electrons. The molecular formula is C17H23F3N4OS2. The van der Waals surface area contributed by atoms with Crippen molar-refractivity contribution in [1.82, 2.24) is 20.0 Å². The Labute approximate surface area is 164 Å². The molecule has 0 atom stereocenters. The van der Waals surface area contributed by atoms with Crippen LogP contribution in [0.4, 0.5) is 13.2 Å². The Morgan fingerprint density at radius 1 is 1.22 bits per heavy atom. The van der Waals surface area contributed by atoms with Crippen molar-refractivity contribution in [1.29, 1.82) is 0 Å². The number of allylic oxidation sites excluding steroid dienone is 4. The molecule has 1 aromatic rings. The fourth-order valence-corrected chi connectivity index (χ4v) is 4.95. The molecule has 0 amide bonds. The van der Waals surface area contributed by atoms with E-state index < -0.39 is 11.7 Å². The maximum Gasteiger partial charge on any atom is 0.416 e. The SMILES string of the molecule is O=c1[nH]nc(SCCCCN2CCN(C3=CC(C(F)(F)F)=CCC3)CC2)s1. The van der Waals surface area contributed by atoms with Crippen molar-refractivity contribution in [2.24, 2.45) is 0 Å². The predicted octanol–water partition coefficient (Wildman–Crippen LogP) is 3.49. The van der Waals surface area contributed by atoms with Crippen LogP contribution < -0.4 is 4.87 Å². The van der Waals surface area contributed by atoms with Crippen LogP contribution in [-0.2, 0) is 0 Å². The van der Waals surface area contributed by atoms with E-state index >= 15 is 0 Å². The number of halogens is 3. The van der Waals surface area contributed by atoms with Crippen LogP contribution in [0.2, 0.25) is 0 Å². The minimum atomic E-state index is -4.25. The Morgan fingerprint density at radius 2 is 2.00 bits per heavy atom. The van der Waals surface area contributed by atoms with Crippen molar-refractivity contribution in [2.75, 3.05) is 38.5 Å². The van der Waals surface area contributed by atoms with Gasteiger partial charge in [0.15, 0.2) is 4.34 Å². The normalized spacial score (nSPS) is 19.1. The number of nitrogens with zero attached hydrogens (tertiary/aromatic N) is 3. The summed E-state index contributed by atoms with van der Waals surface area (Å²) in [5.41, 5.74) is 0.310. The van der Waals surface area contributed by atoms with Crippen LogP contribution in [0, 0.1) is 0 Å². The van der Waals surface area contributed by atoms with Gasteiger partial charge in [0.25, 0.3) is 0 Å². The third kappa shape index (κ3) is 6.11. The van der Waals surface area contributed by atoms with Crippen molar-refractivity contribution in [3.8, 4) is 0 Å². The molecule has 2 aliphatic rings. The Kier molecular flexibility index (Phi) is 7.04. The molecule has 0 bridgehead atoms.